The highest BCUT2D eigenvalue weighted by atomic mass is 35.5. The molecule has 0 bridgehead atoms. The van der Waals surface area contributed by atoms with Gasteiger partial charge in [-0.3, -0.25) is 4.79 Å². The number of carbonyl (C=O) groups is 1. The second-order valence-corrected chi connectivity index (χ2v) is 7.05. The SMILES string of the molecule is Cc1ccccc1CNC(=O)CSc1nnc(-c2ccc(Cl)cc2)n1N. The molecule has 0 saturated heterocycles. The maximum absolute atomic E-state index is 12.1. The van der Waals surface area contributed by atoms with Gasteiger partial charge in [0, 0.05) is 17.1 Å². The number of thioether (sulfide) groups is 1. The number of nitrogens with two attached hydrogens (primary N) is 1. The van der Waals surface area contributed by atoms with Crippen LogP contribution in [-0.2, 0) is 11.3 Å². The van der Waals surface area contributed by atoms with E-state index < -0.39 is 0 Å². The van der Waals surface area contributed by atoms with Crippen molar-refractivity contribution in [1.29, 1.82) is 0 Å². The Morgan fingerprint density at radius 1 is 1.19 bits per heavy atom. The standard InChI is InChI=1S/C18H18ClN5OS/c1-12-4-2-3-5-14(12)10-21-16(25)11-26-18-23-22-17(24(18)20)13-6-8-15(19)9-7-13/h2-9H,10-11,20H2,1H3,(H,21,25). The molecule has 0 fully saturated rings. The Labute approximate surface area is 160 Å². The number of carbonyl (C=O) groups excluding carboxylic acids is 1. The lowest BCUT2D eigenvalue weighted by molar-refractivity contribution is -0.118. The quantitative estimate of drug-likeness (QED) is 0.501. The van der Waals surface area contributed by atoms with E-state index in [0.717, 1.165) is 16.7 Å². The van der Waals surface area contributed by atoms with Crippen LogP contribution in [0.3, 0.4) is 0 Å². The van der Waals surface area contributed by atoms with Crippen molar-refractivity contribution in [3.63, 3.8) is 0 Å². The summed E-state index contributed by atoms with van der Waals surface area (Å²) in [6, 6.07) is 15.1. The Balaban J connectivity index is 1.57. The zero-order valence-electron chi connectivity index (χ0n) is 14.1. The van der Waals surface area contributed by atoms with Crippen LogP contribution in [0.1, 0.15) is 11.1 Å². The first-order chi connectivity index (χ1) is 12.5. The Hall–Kier alpha value is -2.51. The van der Waals surface area contributed by atoms with Crippen molar-refractivity contribution in [3.8, 4) is 11.4 Å². The molecule has 0 spiro atoms. The molecule has 0 saturated carbocycles. The number of benzene rings is 2. The maximum atomic E-state index is 12.1. The van der Waals surface area contributed by atoms with Crippen molar-refractivity contribution in [3.05, 3.63) is 64.7 Å². The van der Waals surface area contributed by atoms with Gasteiger partial charge in [0.25, 0.3) is 0 Å². The van der Waals surface area contributed by atoms with Gasteiger partial charge in [0.05, 0.1) is 5.75 Å². The summed E-state index contributed by atoms with van der Waals surface area (Å²) in [4.78, 5) is 12.1. The number of amides is 1. The fourth-order valence-corrected chi connectivity index (χ4v) is 3.17. The van der Waals surface area contributed by atoms with Crippen molar-refractivity contribution >= 4 is 29.3 Å². The van der Waals surface area contributed by atoms with Crippen LogP contribution < -0.4 is 11.2 Å². The first kappa shape index (κ1) is 18.3. The van der Waals surface area contributed by atoms with E-state index in [-0.39, 0.29) is 11.7 Å². The number of nitrogens with zero attached hydrogens (tertiary/aromatic N) is 3. The number of aryl methyl sites for hydroxylation is 1. The molecule has 134 valence electrons. The van der Waals surface area contributed by atoms with Gasteiger partial charge in [-0.15, -0.1) is 10.2 Å². The monoisotopic (exact) mass is 387 g/mol. The van der Waals surface area contributed by atoms with Crippen molar-refractivity contribution in [2.45, 2.75) is 18.6 Å². The van der Waals surface area contributed by atoms with E-state index in [1.807, 2.05) is 43.3 Å². The maximum Gasteiger partial charge on any atom is 0.230 e. The molecule has 0 aliphatic rings. The smallest absolute Gasteiger partial charge is 0.230 e. The highest BCUT2D eigenvalue weighted by Gasteiger charge is 2.13. The van der Waals surface area contributed by atoms with Crippen LogP contribution in [0, 0.1) is 6.92 Å². The average molecular weight is 388 g/mol. The minimum atomic E-state index is -0.0886. The molecule has 0 aliphatic carbocycles. The fraction of sp³-hybridized carbons (Fsp3) is 0.167. The Morgan fingerprint density at radius 2 is 1.92 bits per heavy atom. The summed E-state index contributed by atoms with van der Waals surface area (Å²) < 4.78 is 1.38. The van der Waals surface area contributed by atoms with Crippen molar-refractivity contribution in [2.75, 3.05) is 11.6 Å². The molecule has 3 aromatic rings. The van der Waals surface area contributed by atoms with E-state index in [1.54, 1.807) is 12.1 Å². The molecular weight excluding hydrogens is 370 g/mol. The van der Waals surface area contributed by atoms with Crippen LogP contribution in [-0.4, -0.2) is 26.5 Å². The van der Waals surface area contributed by atoms with E-state index >= 15 is 0 Å². The fourth-order valence-electron chi connectivity index (χ4n) is 2.35. The van der Waals surface area contributed by atoms with Crippen molar-refractivity contribution < 1.29 is 4.79 Å². The number of aromatic nitrogens is 3. The molecule has 1 amide bonds. The third kappa shape index (κ3) is 4.36. The zero-order valence-corrected chi connectivity index (χ0v) is 15.7. The first-order valence-corrected chi connectivity index (χ1v) is 9.31. The third-order valence-corrected chi connectivity index (χ3v) is 5.03. The zero-order chi connectivity index (χ0) is 18.5. The minimum absolute atomic E-state index is 0.0886. The Kier molecular flexibility index (Phi) is 5.80. The van der Waals surface area contributed by atoms with E-state index in [4.69, 9.17) is 17.4 Å². The highest BCUT2D eigenvalue weighted by Crippen LogP contribution is 2.22. The van der Waals surface area contributed by atoms with E-state index in [2.05, 4.69) is 15.5 Å². The van der Waals surface area contributed by atoms with Crippen LogP contribution in [0.2, 0.25) is 5.02 Å². The number of nitrogens with one attached hydrogen (secondary N) is 1. The summed E-state index contributed by atoms with van der Waals surface area (Å²) in [6.07, 6.45) is 0. The summed E-state index contributed by atoms with van der Waals surface area (Å²) in [5.41, 5.74) is 3.05. The van der Waals surface area contributed by atoms with Gasteiger partial charge in [-0.25, -0.2) is 4.68 Å². The van der Waals surface area contributed by atoms with Crippen molar-refractivity contribution in [1.82, 2.24) is 20.2 Å². The van der Waals surface area contributed by atoms with Crippen LogP contribution in [0.25, 0.3) is 11.4 Å². The van der Waals surface area contributed by atoms with Crippen LogP contribution in [0.15, 0.2) is 53.7 Å². The molecule has 3 N–H and O–H groups in total. The lowest BCUT2D eigenvalue weighted by atomic mass is 10.1. The van der Waals surface area contributed by atoms with Crippen molar-refractivity contribution in [2.24, 2.45) is 0 Å². The molecule has 0 radical (unpaired) electrons. The van der Waals surface area contributed by atoms with Gasteiger partial charge in [0.1, 0.15) is 0 Å². The molecule has 2 aromatic carbocycles. The molecule has 0 unspecified atom stereocenters. The van der Waals surface area contributed by atoms with Crippen LogP contribution in [0.4, 0.5) is 0 Å². The van der Waals surface area contributed by atoms with E-state index in [9.17, 15) is 4.79 Å². The number of rotatable bonds is 6. The minimum Gasteiger partial charge on any atom is -0.351 e. The van der Waals surface area contributed by atoms with Gasteiger partial charge >= 0.3 is 0 Å². The predicted molar refractivity (Wildman–Crippen MR) is 104 cm³/mol. The van der Waals surface area contributed by atoms with Gasteiger partial charge in [-0.1, -0.05) is 47.6 Å². The highest BCUT2D eigenvalue weighted by molar-refractivity contribution is 7.99. The number of hydrogen-bond acceptors (Lipinski definition) is 5. The number of halogens is 1. The second-order valence-electron chi connectivity index (χ2n) is 5.67. The number of hydrogen-bond donors (Lipinski definition) is 2. The lowest BCUT2D eigenvalue weighted by Gasteiger charge is -2.07. The Morgan fingerprint density at radius 3 is 2.65 bits per heavy atom. The van der Waals surface area contributed by atoms with Crippen LogP contribution in [0.5, 0.6) is 0 Å². The molecule has 8 heteroatoms. The largest absolute Gasteiger partial charge is 0.351 e. The number of nitrogen functional groups attached to an aromatic ring is 1. The van der Waals surface area contributed by atoms with Gasteiger partial charge in [-0.2, -0.15) is 0 Å². The molecule has 0 atom stereocenters. The van der Waals surface area contributed by atoms with Gasteiger partial charge in [0.15, 0.2) is 5.82 Å². The van der Waals surface area contributed by atoms with Crippen LogP contribution >= 0.6 is 23.4 Å². The third-order valence-electron chi connectivity index (χ3n) is 3.84. The average Bonchev–Trinajstić information content (AvgIpc) is 3.00. The second kappa shape index (κ2) is 8.25. The molecule has 3 rings (SSSR count). The van der Waals surface area contributed by atoms with Gasteiger partial charge in [-0.05, 0) is 42.3 Å². The van der Waals surface area contributed by atoms with E-state index in [1.165, 1.54) is 16.4 Å². The summed E-state index contributed by atoms with van der Waals surface area (Å²) in [7, 11) is 0. The molecule has 26 heavy (non-hydrogen) atoms. The summed E-state index contributed by atoms with van der Waals surface area (Å²) in [5.74, 6) is 6.69. The predicted octanol–water partition coefficient (Wildman–Crippen LogP) is 3.03. The molecular formula is C18H18ClN5OS. The first-order valence-electron chi connectivity index (χ1n) is 7.95. The summed E-state index contributed by atoms with van der Waals surface area (Å²) in [5, 5.41) is 12.2. The van der Waals surface area contributed by atoms with Gasteiger partial charge in [0.2, 0.25) is 11.1 Å². The molecule has 1 aromatic heterocycles. The van der Waals surface area contributed by atoms with E-state index in [0.29, 0.717) is 22.5 Å². The molecule has 6 nitrogen and oxygen atoms in total. The topological polar surface area (TPSA) is 85.8 Å². The lowest BCUT2D eigenvalue weighted by Crippen LogP contribution is -2.25. The molecule has 0 aliphatic heterocycles. The normalized spacial score (nSPS) is 10.7. The Bertz CT molecular complexity index is 910. The molecule has 1 heterocycles. The summed E-state index contributed by atoms with van der Waals surface area (Å²) >= 11 is 7.13. The summed E-state index contributed by atoms with van der Waals surface area (Å²) in [6.45, 7) is 2.52. The van der Waals surface area contributed by atoms with Gasteiger partial charge < -0.3 is 11.2 Å².